The van der Waals surface area contributed by atoms with Crippen LogP contribution in [0.4, 0.5) is 5.69 Å². The second-order valence-electron chi connectivity index (χ2n) is 3.40. The van der Waals surface area contributed by atoms with Gasteiger partial charge in [0.2, 0.25) is 0 Å². The second kappa shape index (κ2) is 3.66. The summed E-state index contributed by atoms with van der Waals surface area (Å²) in [5, 5.41) is 11.1. The van der Waals surface area contributed by atoms with E-state index in [0.717, 1.165) is 0 Å². The van der Waals surface area contributed by atoms with Crippen LogP contribution < -0.4 is 10.1 Å². The summed E-state index contributed by atoms with van der Waals surface area (Å²) in [6.07, 6.45) is -0.551. The Kier molecular flexibility index (Phi) is 2.33. The summed E-state index contributed by atoms with van der Waals surface area (Å²) in [4.78, 5) is 22.5. The van der Waals surface area contributed by atoms with Crippen LogP contribution in [0.3, 0.4) is 0 Å². The number of Topliss-reactive ketones (excluding diaryl/α,β-unsaturated/α-hetero) is 1. The molecule has 5 heteroatoms. The van der Waals surface area contributed by atoms with Gasteiger partial charge in [-0.1, -0.05) is 0 Å². The maximum Gasteiger partial charge on any atom is 0.265 e. The van der Waals surface area contributed by atoms with Crippen molar-refractivity contribution in [3.8, 4) is 11.8 Å². The molecule has 1 heterocycles. The minimum absolute atomic E-state index is 0.236. The molecule has 5 nitrogen and oxygen atoms in total. The van der Waals surface area contributed by atoms with Gasteiger partial charge in [-0.15, -0.1) is 0 Å². The number of amides is 1. The van der Waals surface area contributed by atoms with E-state index >= 15 is 0 Å². The Labute approximate surface area is 91.6 Å². The van der Waals surface area contributed by atoms with Crippen molar-refractivity contribution in [2.45, 2.75) is 13.0 Å². The van der Waals surface area contributed by atoms with Crippen LogP contribution in [-0.4, -0.2) is 17.8 Å². The van der Waals surface area contributed by atoms with E-state index < -0.39 is 11.9 Å². The number of ether oxygens (including phenoxy) is 1. The average molecular weight is 216 g/mol. The Morgan fingerprint density at radius 1 is 1.56 bits per heavy atom. The van der Waals surface area contributed by atoms with E-state index in [1.165, 1.54) is 18.2 Å². The van der Waals surface area contributed by atoms with Crippen molar-refractivity contribution in [1.82, 2.24) is 0 Å². The number of carbonyl (C=O) groups is 2. The third-order valence-electron chi connectivity index (χ3n) is 2.27. The van der Waals surface area contributed by atoms with Gasteiger partial charge in [0, 0.05) is 5.56 Å². The first-order valence-corrected chi connectivity index (χ1v) is 4.68. The Bertz CT molecular complexity index is 516. The molecule has 0 saturated carbocycles. The number of benzene rings is 1. The first-order chi connectivity index (χ1) is 7.61. The van der Waals surface area contributed by atoms with Crippen LogP contribution in [0.1, 0.15) is 17.3 Å². The fourth-order valence-corrected chi connectivity index (χ4v) is 1.41. The zero-order valence-electron chi connectivity index (χ0n) is 8.48. The van der Waals surface area contributed by atoms with E-state index in [2.05, 4.69) is 5.32 Å². The highest BCUT2D eigenvalue weighted by Gasteiger charge is 2.24. The largest absolute Gasteiger partial charge is 0.479 e. The molecule has 1 N–H and O–H groups in total. The molecule has 0 aliphatic carbocycles. The summed E-state index contributed by atoms with van der Waals surface area (Å²) in [6, 6.07) is 6.01. The van der Waals surface area contributed by atoms with Crippen LogP contribution in [0.25, 0.3) is 0 Å². The zero-order valence-corrected chi connectivity index (χ0v) is 8.48. The molecule has 2 rings (SSSR count). The Morgan fingerprint density at radius 3 is 3.00 bits per heavy atom. The smallest absolute Gasteiger partial charge is 0.265 e. The molecule has 1 aromatic carbocycles. The standard InChI is InChI=1S/C11H8N2O3/c1-6-11(15)13-8-4-7(9(14)5-12)2-3-10(8)16-6/h2-4,6H,1H3,(H,13,15). The van der Waals surface area contributed by atoms with E-state index in [1.54, 1.807) is 13.0 Å². The van der Waals surface area contributed by atoms with Gasteiger partial charge in [0.05, 0.1) is 5.69 Å². The predicted octanol–water partition coefficient (Wildman–Crippen LogP) is 1.11. The van der Waals surface area contributed by atoms with E-state index in [0.29, 0.717) is 11.4 Å². The summed E-state index contributed by atoms with van der Waals surface area (Å²) < 4.78 is 5.31. The molecular formula is C11H8N2O3. The lowest BCUT2D eigenvalue weighted by Crippen LogP contribution is -2.34. The van der Waals surface area contributed by atoms with E-state index in [9.17, 15) is 9.59 Å². The third kappa shape index (κ3) is 1.61. The first kappa shape index (κ1) is 10.2. The van der Waals surface area contributed by atoms with Crippen LogP contribution in [-0.2, 0) is 4.79 Å². The van der Waals surface area contributed by atoms with E-state index in [1.807, 2.05) is 0 Å². The molecular weight excluding hydrogens is 208 g/mol. The van der Waals surface area contributed by atoms with Gasteiger partial charge < -0.3 is 10.1 Å². The number of hydrogen-bond acceptors (Lipinski definition) is 4. The van der Waals surface area contributed by atoms with Gasteiger partial charge in [0.25, 0.3) is 11.7 Å². The molecule has 80 valence electrons. The molecule has 0 fully saturated rings. The monoisotopic (exact) mass is 216 g/mol. The summed E-state index contributed by atoms with van der Waals surface area (Å²) in [5.41, 5.74) is 0.656. The molecule has 1 aliphatic rings. The number of ketones is 1. The molecule has 1 aromatic rings. The summed E-state index contributed by atoms with van der Waals surface area (Å²) in [5.74, 6) is -0.411. The molecule has 0 saturated heterocycles. The first-order valence-electron chi connectivity index (χ1n) is 4.68. The average Bonchev–Trinajstić information content (AvgIpc) is 2.29. The maximum absolute atomic E-state index is 11.3. The lowest BCUT2D eigenvalue weighted by Gasteiger charge is -2.23. The van der Waals surface area contributed by atoms with Gasteiger partial charge in [-0.2, -0.15) is 5.26 Å². The van der Waals surface area contributed by atoms with Crippen molar-refractivity contribution < 1.29 is 14.3 Å². The van der Waals surface area contributed by atoms with Crippen molar-refractivity contribution in [2.75, 3.05) is 5.32 Å². The number of rotatable bonds is 1. The summed E-state index contributed by atoms with van der Waals surface area (Å²) in [7, 11) is 0. The molecule has 0 aromatic heterocycles. The molecule has 1 unspecified atom stereocenters. The van der Waals surface area contributed by atoms with Gasteiger partial charge in [0.15, 0.2) is 6.10 Å². The van der Waals surface area contributed by atoms with E-state index in [-0.39, 0.29) is 11.5 Å². The molecule has 1 aliphatic heterocycles. The highest BCUT2D eigenvalue weighted by molar-refractivity contribution is 6.09. The number of nitrogens with one attached hydrogen (secondary N) is 1. The minimum atomic E-state index is -0.643. The maximum atomic E-state index is 11.3. The number of anilines is 1. The molecule has 1 amide bonds. The fraction of sp³-hybridized carbons (Fsp3) is 0.182. The van der Waals surface area contributed by atoms with Gasteiger partial charge in [-0.3, -0.25) is 9.59 Å². The molecule has 1 atom stereocenters. The topological polar surface area (TPSA) is 79.2 Å². The van der Waals surface area contributed by atoms with Crippen molar-refractivity contribution in [1.29, 1.82) is 5.26 Å². The lowest BCUT2D eigenvalue weighted by molar-refractivity contribution is -0.122. The Morgan fingerprint density at radius 2 is 2.31 bits per heavy atom. The van der Waals surface area contributed by atoms with Crippen LogP contribution >= 0.6 is 0 Å². The van der Waals surface area contributed by atoms with Crippen molar-refractivity contribution in [2.24, 2.45) is 0 Å². The van der Waals surface area contributed by atoms with Crippen molar-refractivity contribution >= 4 is 17.4 Å². The van der Waals surface area contributed by atoms with Gasteiger partial charge in [-0.05, 0) is 25.1 Å². The summed E-state index contributed by atoms with van der Waals surface area (Å²) in [6.45, 7) is 1.63. The van der Waals surface area contributed by atoms with Crippen LogP contribution in [0.15, 0.2) is 18.2 Å². The van der Waals surface area contributed by atoms with Gasteiger partial charge in [-0.25, -0.2) is 0 Å². The molecule has 0 bridgehead atoms. The van der Waals surface area contributed by atoms with Gasteiger partial charge in [0.1, 0.15) is 11.8 Å². The number of nitrogens with zero attached hydrogens (tertiary/aromatic N) is 1. The minimum Gasteiger partial charge on any atom is -0.479 e. The second-order valence-corrected chi connectivity index (χ2v) is 3.40. The molecule has 0 radical (unpaired) electrons. The van der Waals surface area contributed by atoms with Crippen LogP contribution in [0.2, 0.25) is 0 Å². The Balaban J connectivity index is 2.41. The third-order valence-corrected chi connectivity index (χ3v) is 2.27. The normalized spacial score (nSPS) is 17.8. The number of fused-ring (bicyclic) bond motifs is 1. The van der Waals surface area contributed by atoms with E-state index in [4.69, 9.17) is 10.00 Å². The van der Waals surface area contributed by atoms with Crippen LogP contribution in [0.5, 0.6) is 5.75 Å². The van der Waals surface area contributed by atoms with Gasteiger partial charge >= 0.3 is 0 Å². The summed E-state index contributed by atoms with van der Waals surface area (Å²) >= 11 is 0. The number of nitriles is 1. The zero-order chi connectivity index (χ0) is 11.7. The quantitative estimate of drug-likeness (QED) is 0.563. The SMILES string of the molecule is CC1Oc2ccc(C(=O)C#N)cc2NC1=O. The number of carbonyl (C=O) groups excluding carboxylic acids is 2. The Hall–Kier alpha value is -2.35. The highest BCUT2D eigenvalue weighted by Crippen LogP contribution is 2.30. The molecule has 0 spiro atoms. The number of hydrogen-bond donors (Lipinski definition) is 1. The van der Waals surface area contributed by atoms with Crippen molar-refractivity contribution in [3.63, 3.8) is 0 Å². The fourth-order valence-electron chi connectivity index (χ4n) is 1.41. The van der Waals surface area contributed by atoms with Crippen LogP contribution in [0, 0.1) is 11.3 Å². The highest BCUT2D eigenvalue weighted by atomic mass is 16.5. The lowest BCUT2D eigenvalue weighted by atomic mass is 10.1. The van der Waals surface area contributed by atoms with Crippen molar-refractivity contribution in [3.05, 3.63) is 23.8 Å². The predicted molar refractivity (Wildman–Crippen MR) is 55.1 cm³/mol. The molecule has 16 heavy (non-hydrogen) atoms.